The minimum Gasteiger partial charge on any atom is -0.481 e. The van der Waals surface area contributed by atoms with Crippen LogP contribution in [0.25, 0.3) is 0 Å². The molecule has 0 aromatic rings. The number of nitrogens with one attached hydrogen (secondary N) is 1. The van der Waals surface area contributed by atoms with Gasteiger partial charge in [0.1, 0.15) is 0 Å². The maximum Gasteiger partial charge on any atom is 0.306 e. The molecule has 1 heterocycles. The van der Waals surface area contributed by atoms with Crippen molar-refractivity contribution in [1.29, 1.82) is 0 Å². The van der Waals surface area contributed by atoms with Crippen LogP contribution in [-0.4, -0.2) is 73.6 Å². The van der Waals surface area contributed by atoms with E-state index in [9.17, 15) is 9.59 Å². The highest BCUT2D eigenvalue weighted by atomic mass is 16.4. The molecule has 1 fully saturated rings. The summed E-state index contributed by atoms with van der Waals surface area (Å²) < 4.78 is 0. The molecular formula is C15H29N3O3. The number of hydrogen-bond donors (Lipinski definition) is 2. The van der Waals surface area contributed by atoms with Crippen LogP contribution < -0.4 is 5.32 Å². The summed E-state index contributed by atoms with van der Waals surface area (Å²) >= 11 is 0. The second-order valence-corrected chi connectivity index (χ2v) is 7.00. The third-order valence-electron chi connectivity index (χ3n) is 3.82. The Labute approximate surface area is 127 Å². The van der Waals surface area contributed by atoms with Crippen molar-refractivity contribution in [2.24, 2.45) is 11.3 Å². The minimum atomic E-state index is -0.745. The van der Waals surface area contributed by atoms with Crippen molar-refractivity contribution < 1.29 is 14.7 Å². The quantitative estimate of drug-likeness (QED) is 0.716. The van der Waals surface area contributed by atoms with Gasteiger partial charge in [0.25, 0.3) is 0 Å². The van der Waals surface area contributed by atoms with Gasteiger partial charge in [-0.1, -0.05) is 13.8 Å². The van der Waals surface area contributed by atoms with Crippen LogP contribution in [0.15, 0.2) is 0 Å². The molecule has 0 aromatic carbocycles. The van der Waals surface area contributed by atoms with Crippen molar-refractivity contribution in [3.05, 3.63) is 0 Å². The van der Waals surface area contributed by atoms with Crippen molar-refractivity contribution in [3.8, 4) is 0 Å². The molecule has 1 aliphatic heterocycles. The summed E-state index contributed by atoms with van der Waals surface area (Å²) in [6.07, 6.45) is 1.13. The summed E-state index contributed by atoms with van der Waals surface area (Å²) in [5.41, 5.74) is 0.111. The van der Waals surface area contributed by atoms with E-state index in [1.807, 2.05) is 14.1 Å². The van der Waals surface area contributed by atoms with Crippen molar-refractivity contribution >= 4 is 11.9 Å². The Morgan fingerprint density at radius 2 is 1.86 bits per heavy atom. The van der Waals surface area contributed by atoms with Crippen LogP contribution in [0.1, 0.15) is 26.7 Å². The van der Waals surface area contributed by atoms with E-state index in [2.05, 4.69) is 24.1 Å². The van der Waals surface area contributed by atoms with Crippen molar-refractivity contribution in [1.82, 2.24) is 15.1 Å². The largest absolute Gasteiger partial charge is 0.481 e. The molecule has 1 amide bonds. The Hall–Kier alpha value is -1.14. The van der Waals surface area contributed by atoms with Crippen molar-refractivity contribution in [2.45, 2.75) is 26.7 Å². The smallest absolute Gasteiger partial charge is 0.306 e. The Morgan fingerprint density at radius 1 is 1.29 bits per heavy atom. The van der Waals surface area contributed by atoms with Gasteiger partial charge >= 0.3 is 5.97 Å². The number of amides is 1. The Kier molecular flexibility index (Phi) is 6.61. The lowest BCUT2D eigenvalue weighted by atomic mass is 9.93. The van der Waals surface area contributed by atoms with Crippen LogP contribution in [0.2, 0.25) is 0 Å². The van der Waals surface area contributed by atoms with E-state index in [4.69, 9.17) is 5.11 Å². The van der Waals surface area contributed by atoms with Crippen LogP contribution in [0, 0.1) is 11.3 Å². The highest BCUT2D eigenvalue weighted by molar-refractivity contribution is 5.78. The van der Waals surface area contributed by atoms with Gasteiger partial charge in [0.2, 0.25) is 5.91 Å². The molecule has 0 aromatic heterocycles. The van der Waals surface area contributed by atoms with E-state index in [0.717, 1.165) is 13.1 Å². The molecule has 0 unspecified atom stereocenters. The van der Waals surface area contributed by atoms with Gasteiger partial charge in [-0.2, -0.15) is 0 Å². The molecule has 0 aliphatic carbocycles. The molecule has 1 saturated heterocycles. The molecule has 0 radical (unpaired) electrons. The number of carboxylic acid groups (broad SMARTS) is 1. The summed E-state index contributed by atoms with van der Waals surface area (Å²) in [6.45, 7) is 7.51. The molecule has 0 saturated carbocycles. The van der Waals surface area contributed by atoms with E-state index < -0.39 is 5.97 Å². The van der Waals surface area contributed by atoms with Gasteiger partial charge < -0.3 is 20.2 Å². The Balaban J connectivity index is 2.27. The highest BCUT2D eigenvalue weighted by Crippen LogP contribution is 2.17. The lowest BCUT2D eigenvalue weighted by molar-refractivity contribution is -0.145. The molecule has 0 atom stereocenters. The zero-order valence-corrected chi connectivity index (χ0v) is 13.7. The number of carboxylic acids is 1. The monoisotopic (exact) mass is 299 g/mol. The highest BCUT2D eigenvalue weighted by Gasteiger charge is 2.27. The fraction of sp³-hybridized carbons (Fsp3) is 0.867. The normalized spacial score (nSPS) is 17.3. The van der Waals surface area contributed by atoms with Crippen molar-refractivity contribution in [3.63, 3.8) is 0 Å². The van der Waals surface area contributed by atoms with Gasteiger partial charge in [-0.15, -0.1) is 0 Å². The maximum absolute atomic E-state index is 12.1. The molecule has 6 nitrogen and oxygen atoms in total. The number of nitrogens with zero attached hydrogens (tertiary/aromatic N) is 2. The van der Waals surface area contributed by atoms with Gasteiger partial charge in [0.15, 0.2) is 0 Å². The molecule has 1 rings (SSSR count). The second-order valence-electron chi connectivity index (χ2n) is 7.00. The summed E-state index contributed by atoms with van der Waals surface area (Å²) in [4.78, 5) is 26.9. The molecule has 1 aliphatic rings. The molecule has 0 bridgehead atoms. The van der Waals surface area contributed by atoms with Gasteiger partial charge in [-0.3, -0.25) is 9.59 Å². The van der Waals surface area contributed by atoms with E-state index in [1.165, 1.54) is 0 Å². The van der Waals surface area contributed by atoms with Crippen LogP contribution in [0.5, 0.6) is 0 Å². The van der Waals surface area contributed by atoms with Crippen LogP contribution >= 0.6 is 0 Å². The third-order valence-corrected chi connectivity index (χ3v) is 3.82. The van der Waals surface area contributed by atoms with E-state index in [0.29, 0.717) is 32.5 Å². The van der Waals surface area contributed by atoms with Crippen LogP contribution in [0.4, 0.5) is 0 Å². The SMILES string of the molecule is CN(C)CC(C)(C)CNCC(=O)N1CCC(C(=O)O)CC1. The predicted molar refractivity (Wildman–Crippen MR) is 82.1 cm³/mol. The lowest BCUT2D eigenvalue weighted by Gasteiger charge is -2.31. The van der Waals surface area contributed by atoms with E-state index >= 15 is 0 Å². The molecule has 6 heteroatoms. The first-order valence-electron chi connectivity index (χ1n) is 7.57. The molecular weight excluding hydrogens is 270 g/mol. The summed E-state index contributed by atoms with van der Waals surface area (Å²) in [5, 5.41) is 12.2. The van der Waals surface area contributed by atoms with Gasteiger partial charge in [-0.05, 0) is 32.4 Å². The zero-order valence-electron chi connectivity index (χ0n) is 13.7. The van der Waals surface area contributed by atoms with Crippen LogP contribution in [-0.2, 0) is 9.59 Å². The number of carbonyl (C=O) groups is 2. The predicted octanol–water partition coefficient (Wildman–Crippen LogP) is 0.487. The maximum atomic E-state index is 12.1. The molecule has 122 valence electrons. The standard InChI is InChI=1S/C15H29N3O3/c1-15(2,11-17(3)4)10-16-9-13(19)18-7-5-12(6-8-18)14(20)21/h12,16H,5-11H2,1-4H3,(H,20,21). The first kappa shape index (κ1) is 17.9. The molecule has 2 N–H and O–H groups in total. The Morgan fingerprint density at radius 3 is 2.33 bits per heavy atom. The number of rotatable bonds is 7. The molecule has 0 spiro atoms. The number of piperidine rings is 1. The summed E-state index contributed by atoms with van der Waals surface area (Å²) in [7, 11) is 4.08. The van der Waals surface area contributed by atoms with Gasteiger partial charge in [-0.25, -0.2) is 0 Å². The van der Waals surface area contributed by atoms with Crippen molar-refractivity contribution in [2.75, 3.05) is 46.8 Å². The van der Waals surface area contributed by atoms with E-state index in [1.54, 1.807) is 4.90 Å². The number of hydrogen-bond acceptors (Lipinski definition) is 4. The topological polar surface area (TPSA) is 72.9 Å². The summed E-state index contributed by atoms with van der Waals surface area (Å²) in [5.74, 6) is -0.966. The van der Waals surface area contributed by atoms with Gasteiger partial charge in [0, 0.05) is 26.2 Å². The third kappa shape index (κ3) is 6.44. The fourth-order valence-corrected chi connectivity index (χ4v) is 2.91. The van der Waals surface area contributed by atoms with Crippen LogP contribution in [0.3, 0.4) is 0 Å². The summed E-state index contributed by atoms with van der Waals surface area (Å²) in [6, 6.07) is 0. The average Bonchev–Trinajstić information content (AvgIpc) is 2.36. The number of likely N-dealkylation sites (tertiary alicyclic amines) is 1. The molecule has 21 heavy (non-hydrogen) atoms. The number of aliphatic carboxylic acids is 1. The zero-order chi connectivity index (χ0) is 16.0. The number of carbonyl (C=O) groups excluding carboxylic acids is 1. The van der Waals surface area contributed by atoms with E-state index in [-0.39, 0.29) is 17.2 Å². The minimum absolute atomic E-state index is 0.0690. The van der Waals surface area contributed by atoms with Gasteiger partial charge in [0.05, 0.1) is 12.5 Å². The fourth-order valence-electron chi connectivity index (χ4n) is 2.91. The Bertz CT molecular complexity index is 361. The average molecular weight is 299 g/mol. The second kappa shape index (κ2) is 7.75. The lowest BCUT2D eigenvalue weighted by Crippen LogP contribution is -2.46. The first-order valence-corrected chi connectivity index (χ1v) is 7.57. The first-order chi connectivity index (χ1) is 9.71.